The van der Waals surface area contributed by atoms with Gasteiger partial charge in [-0.2, -0.15) is 18.3 Å². The average molecular weight is 438 g/mol. The molecule has 0 spiro atoms. The molecule has 3 aromatic rings. The van der Waals surface area contributed by atoms with Gasteiger partial charge < -0.3 is 14.8 Å². The second-order valence-corrected chi connectivity index (χ2v) is 6.89. The van der Waals surface area contributed by atoms with Crippen LogP contribution < -0.4 is 14.8 Å². The fourth-order valence-corrected chi connectivity index (χ4v) is 3.25. The van der Waals surface area contributed by atoms with Crippen LogP contribution in [0.3, 0.4) is 0 Å². The van der Waals surface area contributed by atoms with E-state index in [-0.39, 0.29) is 17.3 Å². The number of hydrogen-bond acceptors (Lipinski definition) is 4. The summed E-state index contributed by atoms with van der Waals surface area (Å²) in [5.74, 6) is 0.210. The first-order valence-corrected chi connectivity index (χ1v) is 9.28. The first kappa shape index (κ1) is 20.1. The van der Waals surface area contributed by atoms with Gasteiger partial charge in [0.25, 0.3) is 5.91 Å². The molecule has 1 aromatic heterocycles. The third-order valence-electron chi connectivity index (χ3n) is 4.39. The van der Waals surface area contributed by atoms with Gasteiger partial charge in [0.1, 0.15) is 13.2 Å². The molecule has 0 bridgehead atoms. The summed E-state index contributed by atoms with van der Waals surface area (Å²) in [5.41, 5.74) is -1.01. The van der Waals surface area contributed by atoms with E-state index in [0.29, 0.717) is 35.0 Å². The Labute approximate surface area is 174 Å². The Morgan fingerprint density at radius 1 is 1.13 bits per heavy atom. The molecular weight excluding hydrogens is 423 g/mol. The third kappa shape index (κ3) is 4.06. The highest BCUT2D eigenvalue weighted by atomic mass is 35.5. The molecule has 1 aliphatic heterocycles. The zero-order valence-electron chi connectivity index (χ0n) is 15.4. The van der Waals surface area contributed by atoms with Crippen molar-refractivity contribution in [2.75, 3.05) is 13.2 Å². The predicted molar refractivity (Wildman–Crippen MR) is 102 cm³/mol. The van der Waals surface area contributed by atoms with Crippen LogP contribution in [0.4, 0.5) is 13.2 Å². The second kappa shape index (κ2) is 7.91. The zero-order valence-corrected chi connectivity index (χ0v) is 16.1. The Bertz CT molecular complexity index is 1100. The number of hydrogen-bond donors (Lipinski definition) is 1. The van der Waals surface area contributed by atoms with E-state index >= 15 is 0 Å². The molecule has 10 heteroatoms. The normalized spacial score (nSPS) is 13.2. The molecule has 0 aliphatic carbocycles. The van der Waals surface area contributed by atoms with Crippen LogP contribution in [0.2, 0.25) is 5.02 Å². The predicted octanol–water partition coefficient (Wildman–Crippen LogP) is 4.25. The minimum atomic E-state index is -4.80. The number of rotatable bonds is 4. The van der Waals surface area contributed by atoms with Gasteiger partial charge >= 0.3 is 6.18 Å². The largest absolute Gasteiger partial charge is 0.486 e. The number of halogens is 4. The molecular formula is C20H15ClF3N3O3. The molecule has 0 fully saturated rings. The molecule has 0 unspecified atom stereocenters. The van der Waals surface area contributed by atoms with Crippen molar-refractivity contribution in [3.05, 3.63) is 70.5 Å². The summed E-state index contributed by atoms with van der Waals surface area (Å²) in [6.45, 7) is 0.857. The van der Waals surface area contributed by atoms with Crippen molar-refractivity contribution in [2.45, 2.75) is 12.7 Å². The molecule has 2 heterocycles. The lowest BCUT2D eigenvalue weighted by Gasteiger charge is -2.19. The molecule has 4 rings (SSSR count). The van der Waals surface area contributed by atoms with Crippen LogP contribution in [0.25, 0.3) is 5.69 Å². The van der Waals surface area contributed by atoms with Gasteiger partial charge in [-0.25, -0.2) is 4.68 Å². The highest BCUT2D eigenvalue weighted by molar-refractivity contribution is 6.30. The van der Waals surface area contributed by atoms with E-state index in [1.807, 2.05) is 0 Å². The van der Waals surface area contributed by atoms with Gasteiger partial charge in [0.05, 0.1) is 17.4 Å². The number of nitrogens with zero attached hydrogens (tertiary/aromatic N) is 2. The zero-order chi connectivity index (χ0) is 21.3. The van der Waals surface area contributed by atoms with Gasteiger partial charge in [-0.3, -0.25) is 4.79 Å². The molecule has 0 atom stereocenters. The fraction of sp³-hybridized carbons (Fsp3) is 0.200. The quantitative estimate of drug-likeness (QED) is 0.663. The van der Waals surface area contributed by atoms with Crippen molar-refractivity contribution in [2.24, 2.45) is 0 Å². The SMILES string of the molecule is O=C(NCc1ccc2c(c1)OCCO2)c1cnn(-c2cccc(Cl)c2)c1C(F)(F)F. The number of benzene rings is 2. The maximum Gasteiger partial charge on any atom is 0.434 e. The Balaban J connectivity index is 1.58. The molecule has 30 heavy (non-hydrogen) atoms. The minimum Gasteiger partial charge on any atom is -0.486 e. The Kier molecular flexibility index (Phi) is 5.29. The van der Waals surface area contributed by atoms with Crippen LogP contribution in [0.5, 0.6) is 11.5 Å². The van der Waals surface area contributed by atoms with E-state index < -0.39 is 23.3 Å². The number of amides is 1. The maximum absolute atomic E-state index is 13.7. The van der Waals surface area contributed by atoms with Crippen molar-refractivity contribution in [1.29, 1.82) is 0 Å². The second-order valence-electron chi connectivity index (χ2n) is 6.46. The molecule has 1 amide bonds. The van der Waals surface area contributed by atoms with Gasteiger partial charge in [0.2, 0.25) is 0 Å². The number of aromatic nitrogens is 2. The van der Waals surface area contributed by atoms with E-state index in [1.54, 1.807) is 18.2 Å². The molecule has 156 valence electrons. The average Bonchev–Trinajstić information content (AvgIpc) is 3.18. The number of fused-ring (bicyclic) bond motifs is 1. The smallest absolute Gasteiger partial charge is 0.434 e. The maximum atomic E-state index is 13.7. The Morgan fingerprint density at radius 3 is 2.63 bits per heavy atom. The highest BCUT2D eigenvalue weighted by Gasteiger charge is 2.40. The van der Waals surface area contributed by atoms with Gasteiger partial charge in [-0.05, 0) is 35.9 Å². The lowest BCUT2D eigenvalue weighted by Crippen LogP contribution is -2.26. The summed E-state index contributed by atoms with van der Waals surface area (Å²) in [7, 11) is 0. The third-order valence-corrected chi connectivity index (χ3v) is 4.63. The molecule has 1 aliphatic rings. The summed E-state index contributed by atoms with van der Waals surface area (Å²) < 4.78 is 52.8. The number of alkyl halides is 3. The fourth-order valence-electron chi connectivity index (χ4n) is 3.07. The monoisotopic (exact) mass is 437 g/mol. The van der Waals surface area contributed by atoms with E-state index in [0.717, 1.165) is 6.20 Å². The van der Waals surface area contributed by atoms with Crippen molar-refractivity contribution in [3.63, 3.8) is 0 Å². The van der Waals surface area contributed by atoms with Crippen molar-refractivity contribution in [1.82, 2.24) is 15.1 Å². The van der Waals surface area contributed by atoms with Crippen LogP contribution >= 0.6 is 11.6 Å². The van der Waals surface area contributed by atoms with Crippen molar-refractivity contribution >= 4 is 17.5 Å². The number of carbonyl (C=O) groups excluding carboxylic acids is 1. The number of ether oxygens (including phenoxy) is 2. The minimum absolute atomic E-state index is 0.00904. The lowest BCUT2D eigenvalue weighted by atomic mass is 10.1. The van der Waals surface area contributed by atoms with E-state index in [9.17, 15) is 18.0 Å². The molecule has 0 radical (unpaired) electrons. The van der Waals surface area contributed by atoms with Crippen LogP contribution in [-0.4, -0.2) is 28.9 Å². The highest BCUT2D eigenvalue weighted by Crippen LogP contribution is 2.34. The van der Waals surface area contributed by atoms with E-state index in [1.165, 1.54) is 24.3 Å². The summed E-state index contributed by atoms with van der Waals surface area (Å²) in [6, 6.07) is 10.9. The van der Waals surface area contributed by atoms with Crippen molar-refractivity contribution in [3.8, 4) is 17.2 Å². The first-order valence-electron chi connectivity index (χ1n) is 8.91. The first-order chi connectivity index (χ1) is 14.3. The summed E-state index contributed by atoms with van der Waals surface area (Å²) in [4.78, 5) is 12.5. The molecule has 6 nitrogen and oxygen atoms in total. The van der Waals surface area contributed by atoms with Gasteiger partial charge in [0.15, 0.2) is 17.2 Å². The molecule has 2 aromatic carbocycles. The molecule has 1 N–H and O–H groups in total. The van der Waals surface area contributed by atoms with E-state index in [2.05, 4.69) is 10.4 Å². The molecule has 0 saturated carbocycles. The summed E-state index contributed by atoms with van der Waals surface area (Å²) in [5, 5.41) is 6.52. The topological polar surface area (TPSA) is 65.4 Å². The van der Waals surface area contributed by atoms with Gasteiger partial charge in [-0.1, -0.05) is 23.7 Å². The van der Waals surface area contributed by atoms with Gasteiger partial charge in [-0.15, -0.1) is 0 Å². The number of carbonyl (C=O) groups is 1. The molecule has 0 saturated heterocycles. The summed E-state index contributed by atoms with van der Waals surface area (Å²) in [6.07, 6.45) is -3.91. The standard InChI is InChI=1S/C20H15ClF3N3O3/c21-13-2-1-3-14(9-13)27-18(20(22,23)24)15(11-26-27)19(28)25-10-12-4-5-16-17(8-12)30-7-6-29-16/h1-5,8-9,11H,6-7,10H2,(H,25,28). The van der Waals surface area contributed by atoms with E-state index in [4.69, 9.17) is 21.1 Å². The van der Waals surface area contributed by atoms with Crippen LogP contribution in [0.1, 0.15) is 21.6 Å². The van der Waals surface area contributed by atoms with Crippen molar-refractivity contribution < 1.29 is 27.4 Å². The van der Waals surface area contributed by atoms with Crippen LogP contribution in [0.15, 0.2) is 48.7 Å². The summed E-state index contributed by atoms with van der Waals surface area (Å²) >= 11 is 5.88. The number of nitrogens with one attached hydrogen (secondary N) is 1. The van der Waals surface area contributed by atoms with Crippen LogP contribution in [-0.2, 0) is 12.7 Å². The van der Waals surface area contributed by atoms with Crippen LogP contribution in [0, 0.1) is 0 Å². The Hall–Kier alpha value is -3.20. The van der Waals surface area contributed by atoms with Gasteiger partial charge in [0, 0.05) is 11.6 Å². The Morgan fingerprint density at radius 2 is 1.90 bits per heavy atom. The lowest BCUT2D eigenvalue weighted by molar-refractivity contribution is -0.143.